The average Bonchev–Trinajstić information content (AvgIpc) is 2.36. The molecule has 90 valence electrons. The molecule has 0 aliphatic carbocycles. The van der Waals surface area contributed by atoms with E-state index >= 15 is 0 Å². The number of thioether (sulfide) groups is 1. The van der Waals surface area contributed by atoms with Gasteiger partial charge in [0.1, 0.15) is 0 Å². The van der Waals surface area contributed by atoms with Gasteiger partial charge in [0.15, 0.2) is 0 Å². The van der Waals surface area contributed by atoms with Crippen LogP contribution in [-0.2, 0) is 4.79 Å². The molecule has 0 spiro atoms. The summed E-state index contributed by atoms with van der Waals surface area (Å²) < 4.78 is 0. The molecule has 1 amide bonds. The number of carbonyl (C=O) groups is 1. The average molecular weight is 247 g/mol. The number of nitrogens with one attached hydrogen (secondary N) is 1. The van der Waals surface area contributed by atoms with Gasteiger partial charge in [-0.2, -0.15) is 0 Å². The first kappa shape index (κ1) is 13.6. The predicted molar refractivity (Wildman–Crippen MR) is 74.1 cm³/mol. The molecule has 0 fully saturated rings. The number of allylic oxidation sites excluding steroid dienone is 3. The number of rotatable bonds is 6. The van der Waals surface area contributed by atoms with Crippen molar-refractivity contribution in [2.45, 2.75) is 11.8 Å². The Morgan fingerprint density at radius 1 is 1.29 bits per heavy atom. The van der Waals surface area contributed by atoms with Crippen molar-refractivity contribution in [1.82, 2.24) is 5.32 Å². The lowest BCUT2D eigenvalue weighted by atomic mass is 10.4. The second-order valence-corrected chi connectivity index (χ2v) is 4.51. The van der Waals surface area contributed by atoms with Crippen molar-refractivity contribution in [3.63, 3.8) is 0 Å². The van der Waals surface area contributed by atoms with Crippen LogP contribution in [0.1, 0.15) is 6.92 Å². The van der Waals surface area contributed by atoms with Crippen molar-refractivity contribution in [2.75, 3.05) is 12.3 Å². The van der Waals surface area contributed by atoms with E-state index in [1.165, 1.54) is 11.0 Å². The summed E-state index contributed by atoms with van der Waals surface area (Å²) >= 11 is 1.74. The van der Waals surface area contributed by atoms with Gasteiger partial charge in [-0.1, -0.05) is 36.4 Å². The first-order chi connectivity index (χ1) is 8.33. The second kappa shape index (κ2) is 8.65. The summed E-state index contributed by atoms with van der Waals surface area (Å²) in [5.41, 5.74) is 0. The standard InChI is InChI=1S/C14H17NOS/c1-2-3-5-10-14(16)15-11-12-17-13-8-6-4-7-9-13/h2-10H,11-12H2,1H3,(H,15,16)/b3-2+,10-5+. The summed E-state index contributed by atoms with van der Waals surface area (Å²) in [4.78, 5) is 12.5. The zero-order valence-electron chi connectivity index (χ0n) is 9.93. The van der Waals surface area contributed by atoms with Gasteiger partial charge in [-0.05, 0) is 19.1 Å². The molecule has 0 radical (unpaired) electrons. The topological polar surface area (TPSA) is 29.1 Å². The minimum atomic E-state index is -0.0447. The second-order valence-electron chi connectivity index (χ2n) is 3.34. The van der Waals surface area contributed by atoms with Crippen LogP contribution in [0.3, 0.4) is 0 Å². The van der Waals surface area contributed by atoms with Gasteiger partial charge in [0, 0.05) is 23.3 Å². The van der Waals surface area contributed by atoms with Crippen molar-refractivity contribution >= 4 is 17.7 Å². The first-order valence-electron chi connectivity index (χ1n) is 5.58. The van der Waals surface area contributed by atoms with Crippen LogP contribution in [0.5, 0.6) is 0 Å². The van der Waals surface area contributed by atoms with Crippen molar-refractivity contribution in [3.8, 4) is 0 Å². The molecular formula is C14H17NOS. The third-order valence-electron chi connectivity index (χ3n) is 1.96. The number of hydrogen-bond acceptors (Lipinski definition) is 2. The van der Waals surface area contributed by atoms with Gasteiger partial charge >= 0.3 is 0 Å². The van der Waals surface area contributed by atoms with Gasteiger partial charge in [0.25, 0.3) is 0 Å². The van der Waals surface area contributed by atoms with Crippen LogP contribution in [0.2, 0.25) is 0 Å². The summed E-state index contributed by atoms with van der Waals surface area (Å²) in [5.74, 6) is 0.837. The third kappa shape index (κ3) is 6.64. The number of carbonyl (C=O) groups excluding carboxylic acids is 1. The Bertz CT molecular complexity index is 384. The molecule has 0 aromatic heterocycles. The van der Waals surface area contributed by atoms with Gasteiger partial charge in [-0.25, -0.2) is 0 Å². The van der Waals surface area contributed by atoms with Crippen LogP contribution in [0.4, 0.5) is 0 Å². The molecular weight excluding hydrogens is 230 g/mol. The van der Waals surface area contributed by atoms with E-state index in [-0.39, 0.29) is 5.91 Å². The summed E-state index contributed by atoms with van der Waals surface area (Å²) in [7, 11) is 0. The number of amides is 1. The van der Waals surface area contributed by atoms with E-state index < -0.39 is 0 Å². The molecule has 0 aliphatic rings. The molecule has 1 N–H and O–H groups in total. The highest BCUT2D eigenvalue weighted by Gasteiger charge is 1.95. The fourth-order valence-electron chi connectivity index (χ4n) is 1.17. The normalized spacial score (nSPS) is 11.1. The summed E-state index contributed by atoms with van der Waals surface area (Å²) in [5, 5.41) is 2.83. The Kier molecular flexibility index (Phi) is 6.91. The molecule has 1 aromatic rings. The maximum atomic E-state index is 11.3. The van der Waals surface area contributed by atoms with Gasteiger partial charge in [0.2, 0.25) is 5.91 Å². The van der Waals surface area contributed by atoms with E-state index in [2.05, 4.69) is 17.4 Å². The van der Waals surface area contributed by atoms with Crippen LogP contribution >= 0.6 is 11.8 Å². The van der Waals surface area contributed by atoms with Gasteiger partial charge in [-0.3, -0.25) is 4.79 Å². The van der Waals surface area contributed by atoms with Crippen molar-refractivity contribution in [3.05, 3.63) is 54.6 Å². The molecule has 17 heavy (non-hydrogen) atoms. The van der Waals surface area contributed by atoms with Gasteiger partial charge in [0.05, 0.1) is 0 Å². The molecule has 2 nitrogen and oxygen atoms in total. The minimum absolute atomic E-state index is 0.0447. The van der Waals surface area contributed by atoms with Crippen molar-refractivity contribution in [2.24, 2.45) is 0 Å². The van der Waals surface area contributed by atoms with E-state index in [0.29, 0.717) is 6.54 Å². The highest BCUT2D eigenvalue weighted by Crippen LogP contribution is 2.15. The first-order valence-corrected chi connectivity index (χ1v) is 6.56. The predicted octanol–water partition coefficient (Wildman–Crippen LogP) is 3.03. The Morgan fingerprint density at radius 3 is 2.76 bits per heavy atom. The Balaban J connectivity index is 2.14. The quantitative estimate of drug-likeness (QED) is 0.362. The fraction of sp³-hybridized carbons (Fsp3) is 0.214. The molecule has 0 aliphatic heterocycles. The van der Waals surface area contributed by atoms with Crippen LogP contribution < -0.4 is 5.32 Å². The monoisotopic (exact) mass is 247 g/mol. The minimum Gasteiger partial charge on any atom is -0.352 e. The molecule has 0 saturated carbocycles. The molecule has 1 aromatic carbocycles. The molecule has 1 rings (SSSR count). The highest BCUT2D eigenvalue weighted by molar-refractivity contribution is 7.99. The van der Waals surface area contributed by atoms with Crippen LogP contribution in [-0.4, -0.2) is 18.2 Å². The highest BCUT2D eigenvalue weighted by atomic mass is 32.2. The number of benzene rings is 1. The lowest BCUT2D eigenvalue weighted by molar-refractivity contribution is -0.116. The van der Waals surface area contributed by atoms with Crippen LogP contribution in [0.15, 0.2) is 59.5 Å². The zero-order chi connectivity index (χ0) is 12.3. The molecule has 0 bridgehead atoms. The van der Waals surface area contributed by atoms with E-state index in [1.807, 2.05) is 37.3 Å². The van der Waals surface area contributed by atoms with Gasteiger partial charge in [-0.15, -0.1) is 11.8 Å². The maximum absolute atomic E-state index is 11.3. The molecule has 0 atom stereocenters. The number of hydrogen-bond donors (Lipinski definition) is 1. The molecule has 0 heterocycles. The van der Waals surface area contributed by atoms with Crippen molar-refractivity contribution in [1.29, 1.82) is 0 Å². The van der Waals surface area contributed by atoms with Crippen molar-refractivity contribution < 1.29 is 4.79 Å². The van der Waals surface area contributed by atoms with E-state index in [9.17, 15) is 4.79 Å². The molecule has 0 saturated heterocycles. The smallest absolute Gasteiger partial charge is 0.244 e. The zero-order valence-corrected chi connectivity index (χ0v) is 10.7. The van der Waals surface area contributed by atoms with E-state index in [0.717, 1.165) is 5.75 Å². The Hall–Kier alpha value is -1.48. The third-order valence-corrected chi connectivity index (χ3v) is 2.98. The largest absolute Gasteiger partial charge is 0.352 e. The maximum Gasteiger partial charge on any atom is 0.244 e. The summed E-state index contributed by atoms with van der Waals surface area (Å²) in [6.45, 7) is 2.59. The SMILES string of the molecule is C/C=C/C=C/C(=O)NCCSc1ccccc1. The Morgan fingerprint density at radius 2 is 2.06 bits per heavy atom. The molecule has 3 heteroatoms. The fourth-order valence-corrected chi connectivity index (χ4v) is 1.96. The van der Waals surface area contributed by atoms with Crippen LogP contribution in [0.25, 0.3) is 0 Å². The van der Waals surface area contributed by atoms with E-state index in [1.54, 1.807) is 17.8 Å². The Labute approximate surface area is 107 Å². The lowest BCUT2D eigenvalue weighted by Crippen LogP contribution is -2.23. The van der Waals surface area contributed by atoms with Crippen LogP contribution in [0, 0.1) is 0 Å². The van der Waals surface area contributed by atoms with Gasteiger partial charge < -0.3 is 5.32 Å². The molecule has 0 unspecified atom stereocenters. The summed E-state index contributed by atoms with van der Waals surface area (Å²) in [6.07, 6.45) is 6.99. The lowest BCUT2D eigenvalue weighted by Gasteiger charge is -2.02. The van der Waals surface area contributed by atoms with E-state index in [4.69, 9.17) is 0 Å². The summed E-state index contributed by atoms with van der Waals surface area (Å²) in [6, 6.07) is 10.2.